The maximum Gasteiger partial charge on any atom is 0.303 e. The maximum absolute atomic E-state index is 11.0. The zero-order valence-electron chi connectivity index (χ0n) is 13.1. The van der Waals surface area contributed by atoms with Crippen LogP contribution in [0.4, 0.5) is 11.5 Å². The summed E-state index contributed by atoms with van der Waals surface area (Å²) in [4.78, 5) is 15.3. The molecule has 0 amide bonds. The topological polar surface area (TPSA) is 88.2 Å². The highest BCUT2D eigenvalue weighted by atomic mass is 79.9. The highest BCUT2D eigenvalue weighted by Gasteiger charge is 2.17. The van der Waals surface area contributed by atoms with Gasteiger partial charge in [0.15, 0.2) is 5.82 Å². The molecule has 1 aromatic carbocycles. The van der Waals surface area contributed by atoms with E-state index in [-0.39, 0.29) is 12.5 Å². The van der Waals surface area contributed by atoms with Crippen molar-refractivity contribution in [3.63, 3.8) is 0 Å². The van der Waals surface area contributed by atoms with Crippen LogP contribution in [0.15, 0.2) is 34.9 Å². The summed E-state index contributed by atoms with van der Waals surface area (Å²) in [7, 11) is 0. The monoisotopic (exact) mass is 377 g/mol. The summed E-state index contributed by atoms with van der Waals surface area (Å²) >= 11 is 3.33. The SMILES string of the molecule is Cc1ccc(C)c(C(CCC(=O)O)Nc2nc(Br)ccc2N)c1. The van der Waals surface area contributed by atoms with E-state index in [0.717, 1.165) is 16.7 Å². The minimum atomic E-state index is -0.822. The fourth-order valence-electron chi connectivity index (χ4n) is 2.44. The van der Waals surface area contributed by atoms with Gasteiger partial charge in [-0.25, -0.2) is 4.98 Å². The molecule has 0 saturated heterocycles. The summed E-state index contributed by atoms with van der Waals surface area (Å²) < 4.78 is 0.673. The molecule has 0 bridgehead atoms. The van der Waals surface area contributed by atoms with Gasteiger partial charge in [-0.2, -0.15) is 0 Å². The summed E-state index contributed by atoms with van der Waals surface area (Å²) in [5.41, 5.74) is 9.80. The number of aryl methyl sites for hydroxylation is 2. The number of aromatic nitrogens is 1. The van der Waals surface area contributed by atoms with E-state index in [1.54, 1.807) is 12.1 Å². The van der Waals surface area contributed by atoms with Gasteiger partial charge in [0.1, 0.15) is 4.60 Å². The highest BCUT2D eigenvalue weighted by Crippen LogP contribution is 2.29. The Labute approximate surface area is 144 Å². The van der Waals surface area contributed by atoms with Gasteiger partial charge in [-0.3, -0.25) is 4.79 Å². The number of benzene rings is 1. The number of hydrogen-bond acceptors (Lipinski definition) is 4. The molecule has 1 aromatic heterocycles. The van der Waals surface area contributed by atoms with Crippen LogP contribution in [0.1, 0.15) is 35.6 Å². The molecule has 23 heavy (non-hydrogen) atoms. The number of nitrogens with two attached hydrogens (primary N) is 1. The molecule has 122 valence electrons. The lowest BCUT2D eigenvalue weighted by Crippen LogP contribution is -2.16. The summed E-state index contributed by atoms with van der Waals surface area (Å²) in [5.74, 6) is -0.270. The van der Waals surface area contributed by atoms with Crippen molar-refractivity contribution < 1.29 is 9.90 Å². The molecule has 0 aliphatic carbocycles. The number of halogens is 1. The zero-order valence-corrected chi connectivity index (χ0v) is 14.7. The molecule has 1 heterocycles. The maximum atomic E-state index is 11.0. The normalized spacial score (nSPS) is 12.0. The third kappa shape index (κ3) is 4.69. The molecule has 6 heteroatoms. The van der Waals surface area contributed by atoms with Gasteiger partial charge in [0.25, 0.3) is 0 Å². The van der Waals surface area contributed by atoms with Gasteiger partial charge in [-0.15, -0.1) is 0 Å². The van der Waals surface area contributed by atoms with Crippen molar-refractivity contribution in [3.05, 3.63) is 51.6 Å². The Morgan fingerprint density at radius 1 is 1.35 bits per heavy atom. The van der Waals surface area contributed by atoms with E-state index in [9.17, 15) is 4.79 Å². The van der Waals surface area contributed by atoms with Crippen LogP contribution in [0, 0.1) is 13.8 Å². The second kappa shape index (κ2) is 7.46. The van der Waals surface area contributed by atoms with Crippen LogP contribution in [-0.4, -0.2) is 16.1 Å². The van der Waals surface area contributed by atoms with Gasteiger partial charge in [0.05, 0.1) is 11.7 Å². The Morgan fingerprint density at radius 2 is 2.09 bits per heavy atom. The van der Waals surface area contributed by atoms with E-state index in [1.807, 2.05) is 26.0 Å². The smallest absolute Gasteiger partial charge is 0.303 e. The number of nitrogens with zero attached hydrogens (tertiary/aromatic N) is 1. The van der Waals surface area contributed by atoms with Crippen molar-refractivity contribution in [1.29, 1.82) is 0 Å². The number of pyridine rings is 1. The fraction of sp³-hybridized carbons (Fsp3) is 0.294. The first-order valence-electron chi connectivity index (χ1n) is 7.34. The van der Waals surface area contributed by atoms with Gasteiger partial charge in [-0.1, -0.05) is 23.8 Å². The van der Waals surface area contributed by atoms with E-state index >= 15 is 0 Å². The second-order valence-electron chi connectivity index (χ2n) is 5.56. The molecule has 0 spiro atoms. The zero-order chi connectivity index (χ0) is 17.0. The van der Waals surface area contributed by atoms with Crippen LogP contribution in [0.3, 0.4) is 0 Å². The van der Waals surface area contributed by atoms with Crippen LogP contribution in [0.25, 0.3) is 0 Å². The lowest BCUT2D eigenvalue weighted by molar-refractivity contribution is -0.137. The lowest BCUT2D eigenvalue weighted by atomic mass is 9.95. The van der Waals surface area contributed by atoms with Gasteiger partial charge in [0.2, 0.25) is 0 Å². The van der Waals surface area contributed by atoms with E-state index in [2.05, 4.69) is 32.3 Å². The van der Waals surface area contributed by atoms with Crippen LogP contribution in [0.2, 0.25) is 0 Å². The summed E-state index contributed by atoms with van der Waals surface area (Å²) in [6.07, 6.45) is 0.520. The first-order chi connectivity index (χ1) is 10.9. The standard InChI is InChI=1S/C17H20BrN3O2/c1-10-3-4-11(2)12(9-10)14(6-8-16(22)23)20-17-13(19)5-7-15(18)21-17/h3-5,7,9,14H,6,8,19H2,1-2H3,(H,20,21)(H,22,23). The van der Waals surface area contributed by atoms with Crippen molar-refractivity contribution in [1.82, 2.24) is 4.98 Å². The van der Waals surface area contributed by atoms with Crippen molar-refractivity contribution in [3.8, 4) is 0 Å². The number of rotatable bonds is 6. The summed E-state index contributed by atoms with van der Waals surface area (Å²) in [6, 6.07) is 9.51. The lowest BCUT2D eigenvalue weighted by Gasteiger charge is -2.22. The van der Waals surface area contributed by atoms with Gasteiger partial charge in [-0.05, 0) is 59.5 Å². The van der Waals surface area contributed by atoms with Crippen LogP contribution in [-0.2, 0) is 4.79 Å². The molecule has 0 saturated carbocycles. The molecular formula is C17H20BrN3O2. The number of carboxylic acids is 1. The average molecular weight is 378 g/mol. The second-order valence-corrected chi connectivity index (χ2v) is 6.37. The number of carbonyl (C=O) groups is 1. The fourth-order valence-corrected chi connectivity index (χ4v) is 2.74. The Morgan fingerprint density at radius 3 is 2.78 bits per heavy atom. The number of nitrogens with one attached hydrogen (secondary N) is 1. The van der Waals surface area contributed by atoms with Gasteiger partial charge >= 0.3 is 5.97 Å². The van der Waals surface area contributed by atoms with E-state index < -0.39 is 5.97 Å². The number of carboxylic acid groups (broad SMARTS) is 1. The molecule has 2 rings (SSSR count). The molecule has 1 unspecified atom stereocenters. The minimum absolute atomic E-state index is 0.0684. The average Bonchev–Trinajstić information content (AvgIpc) is 2.49. The van der Waals surface area contributed by atoms with Crippen molar-refractivity contribution in [2.24, 2.45) is 0 Å². The van der Waals surface area contributed by atoms with E-state index in [4.69, 9.17) is 10.8 Å². The first-order valence-corrected chi connectivity index (χ1v) is 8.13. The van der Waals surface area contributed by atoms with Crippen molar-refractivity contribution >= 4 is 33.4 Å². The molecular weight excluding hydrogens is 358 g/mol. The largest absolute Gasteiger partial charge is 0.481 e. The van der Waals surface area contributed by atoms with Crippen LogP contribution < -0.4 is 11.1 Å². The minimum Gasteiger partial charge on any atom is -0.481 e. The van der Waals surface area contributed by atoms with E-state index in [0.29, 0.717) is 22.5 Å². The Balaban J connectivity index is 2.35. The number of anilines is 2. The molecule has 0 fully saturated rings. The molecule has 0 aliphatic heterocycles. The van der Waals surface area contributed by atoms with E-state index in [1.165, 1.54) is 0 Å². The Kier molecular flexibility index (Phi) is 5.60. The quantitative estimate of drug-likeness (QED) is 0.660. The Bertz CT molecular complexity index is 719. The first kappa shape index (κ1) is 17.3. The summed E-state index contributed by atoms with van der Waals surface area (Å²) in [5, 5.41) is 12.3. The van der Waals surface area contributed by atoms with Crippen molar-refractivity contribution in [2.45, 2.75) is 32.7 Å². The molecule has 1 atom stereocenters. The number of nitrogen functional groups attached to an aromatic ring is 1. The van der Waals surface area contributed by atoms with Gasteiger partial charge < -0.3 is 16.2 Å². The van der Waals surface area contributed by atoms with Gasteiger partial charge in [0, 0.05) is 6.42 Å². The predicted molar refractivity (Wildman–Crippen MR) is 95.5 cm³/mol. The third-order valence-electron chi connectivity index (χ3n) is 3.66. The molecule has 0 radical (unpaired) electrons. The van der Waals surface area contributed by atoms with Crippen LogP contribution in [0.5, 0.6) is 0 Å². The summed E-state index contributed by atoms with van der Waals surface area (Å²) in [6.45, 7) is 4.03. The molecule has 0 aliphatic rings. The molecule has 2 aromatic rings. The highest BCUT2D eigenvalue weighted by molar-refractivity contribution is 9.10. The number of aliphatic carboxylic acids is 1. The molecule has 4 N–H and O–H groups in total. The van der Waals surface area contributed by atoms with Crippen molar-refractivity contribution in [2.75, 3.05) is 11.1 Å². The Hall–Kier alpha value is -2.08. The predicted octanol–water partition coefficient (Wildman–Crippen LogP) is 4.06. The number of hydrogen-bond donors (Lipinski definition) is 3. The molecule has 5 nitrogen and oxygen atoms in total. The third-order valence-corrected chi connectivity index (χ3v) is 4.10. The van der Waals surface area contributed by atoms with Crippen LogP contribution >= 0.6 is 15.9 Å².